The fourth-order valence-corrected chi connectivity index (χ4v) is 1.18. The van der Waals surface area contributed by atoms with Crippen molar-refractivity contribution in [1.82, 2.24) is 10.6 Å². The van der Waals surface area contributed by atoms with Crippen LogP contribution in [0.3, 0.4) is 0 Å². The molecule has 0 amide bonds. The second-order valence-corrected chi connectivity index (χ2v) is 6.16. The zero-order chi connectivity index (χ0) is 14.4. The summed E-state index contributed by atoms with van der Waals surface area (Å²) in [5, 5.41) is 6.29. The summed E-state index contributed by atoms with van der Waals surface area (Å²) >= 11 is 0. The lowest BCUT2D eigenvalue weighted by Crippen LogP contribution is -2.47. The minimum absolute atomic E-state index is 0. The normalized spacial score (nSPS) is 12.5. The highest BCUT2D eigenvalue weighted by Crippen LogP contribution is 2.06. The van der Waals surface area contributed by atoms with Crippen LogP contribution in [0.1, 0.15) is 48.5 Å². The number of carbonyl (C=O) groups is 1. The first kappa shape index (κ1) is 20.8. The topological polar surface area (TPSA) is 62.7 Å². The Labute approximate surface area is 134 Å². The lowest BCUT2D eigenvalue weighted by Gasteiger charge is -2.24. The molecule has 6 heteroatoms. The average Bonchev–Trinajstić information content (AvgIpc) is 2.09. The average molecular weight is 385 g/mol. The maximum Gasteiger partial charge on any atom is 0.328 e. The summed E-state index contributed by atoms with van der Waals surface area (Å²) in [5.74, 6) is 0.296. The highest BCUT2D eigenvalue weighted by atomic mass is 127. The van der Waals surface area contributed by atoms with Gasteiger partial charge in [-0.15, -0.1) is 24.0 Å². The predicted octanol–water partition coefficient (Wildman–Crippen LogP) is 2.30. The quantitative estimate of drug-likeness (QED) is 0.339. The van der Waals surface area contributed by atoms with E-state index in [0.717, 1.165) is 6.54 Å². The number of nitrogens with one attached hydrogen (secondary N) is 2. The Morgan fingerprint density at radius 2 is 1.68 bits per heavy atom. The third-order valence-electron chi connectivity index (χ3n) is 1.62. The number of guanidine groups is 1. The van der Waals surface area contributed by atoms with E-state index in [2.05, 4.69) is 15.6 Å². The van der Waals surface area contributed by atoms with Gasteiger partial charge in [-0.25, -0.2) is 4.99 Å². The van der Waals surface area contributed by atoms with Crippen LogP contribution in [0.4, 0.5) is 0 Å². The minimum Gasteiger partial charge on any atom is -0.459 e. The summed E-state index contributed by atoms with van der Waals surface area (Å²) < 4.78 is 5.19. The molecule has 5 nitrogen and oxygen atoms in total. The molecule has 0 spiro atoms. The smallest absolute Gasteiger partial charge is 0.328 e. The molecule has 0 fully saturated rings. The van der Waals surface area contributed by atoms with Crippen molar-refractivity contribution < 1.29 is 9.53 Å². The van der Waals surface area contributed by atoms with Gasteiger partial charge >= 0.3 is 5.97 Å². The molecule has 0 saturated carbocycles. The van der Waals surface area contributed by atoms with E-state index in [4.69, 9.17) is 4.74 Å². The van der Waals surface area contributed by atoms with Gasteiger partial charge in [0.25, 0.3) is 0 Å². The third kappa shape index (κ3) is 13.7. The van der Waals surface area contributed by atoms with Crippen LogP contribution in [-0.4, -0.2) is 36.2 Å². The number of esters is 1. The van der Waals surface area contributed by atoms with Crippen molar-refractivity contribution in [2.45, 2.75) is 59.6 Å². The van der Waals surface area contributed by atoms with Gasteiger partial charge in [0.05, 0.1) is 0 Å². The molecule has 0 heterocycles. The van der Waals surface area contributed by atoms with Crippen molar-refractivity contribution >= 4 is 35.9 Å². The molecule has 0 aromatic rings. The SMILES string of the molecule is CCNC(=NCC(=O)OC(C)(C)C)NC(C)(C)C.I. The van der Waals surface area contributed by atoms with E-state index in [9.17, 15) is 4.79 Å². The number of aliphatic imine (C=N–C) groups is 1. The molecule has 0 rings (SSSR count). The standard InChI is InChI=1S/C13H27N3O2.HI/c1-8-14-11(16-12(2,3)4)15-9-10(17)18-13(5,6)7;/h8-9H2,1-7H3,(H2,14,15,16);1H. The Balaban J connectivity index is 0. The van der Waals surface area contributed by atoms with Crippen molar-refractivity contribution in [1.29, 1.82) is 0 Å². The fraction of sp³-hybridized carbons (Fsp3) is 0.846. The summed E-state index contributed by atoms with van der Waals surface area (Å²) in [4.78, 5) is 15.8. The summed E-state index contributed by atoms with van der Waals surface area (Å²) in [7, 11) is 0. The maximum absolute atomic E-state index is 11.5. The first-order valence-corrected chi connectivity index (χ1v) is 6.32. The first-order chi connectivity index (χ1) is 8.03. The maximum atomic E-state index is 11.5. The second kappa shape index (κ2) is 8.60. The van der Waals surface area contributed by atoms with E-state index in [1.54, 1.807) is 0 Å². The van der Waals surface area contributed by atoms with Crippen LogP contribution in [0.5, 0.6) is 0 Å². The summed E-state index contributed by atoms with van der Waals surface area (Å²) in [6.07, 6.45) is 0. The number of hydrogen-bond acceptors (Lipinski definition) is 3. The van der Waals surface area contributed by atoms with Crippen LogP contribution in [0, 0.1) is 0 Å². The van der Waals surface area contributed by atoms with Gasteiger partial charge in [0.1, 0.15) is 12.1 Å². The summed E-state index contributed by atoms with van der Waals surface area (Å²) in [6.45, 7) is 14.4. The second-order valence-electron chi connectivity index (χ2n) is 6.16. The fourth-order valence-electron chi connectivity index (χ4n) is 1.18. The zero-order valence-corrected chi connectivity index (χ0v) is 15.4. The van der Waals surface area contributed by atoms with E-state index in [0.29, 0.717) is 5.96 Å². The Kier molecular flexibility index (Phi) is 9.41. The molecule has 2 N–H and O–H groups in total. The monoisotopic (exact) mass is 385 g/mol. The van der Waals surface area contributed by atoms with E-state index >= 15 is 0 Å². The lowest BCUT2D eigenvalue weighted by molar-refractivity contribution is -0.152. The van der Waals surface area contributed by atoms with Crippen molar-refractivity contribution in [3.05, 3.63) is 0 Å². The predicted molar refractivity (Wildman–Crippen MR) is 90.1 cm³/mol. The highest BCUT2D eigenvalue weighted by molar-refractivity contribution is 14.0. The zero-order valence-electron chi connectivity index (χ0n) is 13.1. The molecule has 0 aliphatic rings. The molecule has 0 atom stereocenters. The van der Waals surface area contributed by atoms with Crippen molar-refractivity contribution in [2.75, 3.05) is 13.1 Å². The van der Waals surface area contributed by atoms with Crippen LogP contribution in [0.15, 0.2) is 4.99 Å². The van der Waals surface area contributed by atoms with Crippen molar-refractivity contribution in [3.8, 4) is 0 Å². The van der Waals surface area contributed by atoms with Gasteiger partial charge in [0.2, 0.25) is 0 Å². The molecule has 0 saturated heterocycles. The Morgan fingerprint density at radius 3 is 2.05 bits per heavy atom. The molecule has 0 bridgehead atoms. The number of hydrogen-bond donors (Lipinski definition) is 2. The van der Waals surface area contributed by atoms with E-state index in [-0.39, 0.29) is 42.0 Å². The van der Waals surface area contributed by atoms with E-state index < -0.39 is 5.60 Å². The van der Waals surface area contributed by atoms with Crippen LogP contribution >= 0.6 is 24.0 Å². The largest absolute Gasteiger partial charge is 0.459 e. The van der Waals surface area contributed by atoms with Crippen LogP contribution in [-0.2, 0) is 9.53 Å². The number of carbonyl (C=O) groups excluding carboxylic acids is 1. The molecule has 0 aromatic carbocycles. The van der Waals surface area contributed by atoms with Gasteiger partial charge in [-0.2, -0.15) is 0 Å². The third-order valence-corrected chi connectivity index (χ3v) is 1.62. The Bertz CT molecular complexity index is 304. The number of rotatable bonds is 3. The number of nitrogens with zero attached hydrogens (tertiary/aromatic N) is 1. The Morgan fingerprint density at radius 1 is 1.16 bits per heavy atom. The molecule has 0 aliphatic carbocycles. The molecule has 0 unspecified atom stereocenters. The van der Waals surface area contributed by atoms with Gasteiger partial charge in [-0.05, 0) is 48.5 Å². The molecule has 19 heavy (non-hydrogen) atoms. The summed E-state index contributed by atoms with van der Waals surface area (Å²) in [5.41, 5.74) is -0.572. The van der Waals surface area contributed by atoms with Crippen LogP contribution < -0.4 is 10.6 Å². The molecule has 0 aromatic heterocycles. The van der Waals surface area contributed by atoms with Crippen molar-refractivity contribution in [3.63, 3.8) is 0 Å². The minimum atomic E-state index is -0.470. The Hall–Kier alpha value is -0.530. The molecule has 0 radical (unpaired) electrons. The van der Waals surface area contributed by atoms with Crippen LogP contribution in [0.25, 0.3) is 0 Å². The number of ether oxygens (including phenoxy) is 1. The number of halogens is 1. The van der Waals surface area contributed by atoms with Gasteiger partial charge < -0.3 is 15.4 Å². The molecular weight excluding hydrogens is 357 g/mol. The molecule has 114 valence electrons. The van der Waals surface area contributed by atoms with Gasteiger partial charge in [-0.3, -0.25) is 4.79 Å². The van der Waals surface area contributed by atoms with E-state index in [1.807, 2.05) is 48.5 Å². The van der Waals surface area contributed by atoms with Crippen LogP contribution in [0.2, 0.25) is 0 Å². The van der Waals surface area contributed by atoms with Gasteiger partial charge in [0, 0.05) is 12.1 Å². The van der Waals surface area contributed by atoms with E-state index in [1.165, 1.54) is 0 Å². The highest BCUT2D eigenvalue weighted by Gasteiger charge is 2.16. The lowest BCUT2D eigenvalue weighted by atomic mass is 10.1. The molecule has 0 aliphatic heterocycles. The van der Waals surface area contributed by atoms with Gasteiger partial charge in [-0.1, -0.05) is 0 Å². The van der Waals surface area contributed by atoms with Gasteiger partial charge in [0.15, 0.2) is 5.96 Å². The first-order valence-electron chi connectivity index (χ1n) is 6.32. The molecular formula is C13H28IN3O2. The summed E-state index contributed by atoms with van der Waals surface area (Å²) in [6, 6.07) is 0. The van der Waals surface area contributed by atoms with Crippen molar-refractivity contribution in [2.24, 2.45) is 4.99 Å².